The fourth-order valence-corrected chi connectivity index (χ4v) is 4.51. The highest BCUT2D eigenvalue weighted by atomic mass is 16.7. The van der Waals surface area contributed by atoms with E-state index >= 15 is 0 Å². The van der Waals surface area contributed by atoms with Crippen LogP contribution in [0.5, 0.6) is 11.5 Å². The minimum absolute atomic E-state index is 0.116. The number of hydrogen-bond donors (Lipinski definition) is 2. The van der Waals surface area contributed by atoms with Crippen LogP contribution >= 0.6 is 0 Å². The molecule has 0 spiro atoms. The van der Waals surface area contributed by atoms with Gasteiger partial charge in [-0.25, -0.2) is 0 Å². The molecule has 0 aromatic heterocycles. The molecule has 5 rings (SSSR count). The quantitative estimate of drug-likeness (QED) is 0.699. The Balaban J connectivity index is 1.77. The van der Waals surface area contributed by atoms with Crippen LogP contribution < -0.4 is 9.47 Å². The standard InChI is InChI=1S/C16H17NO4/c18-9-1-2-16-3-4-17(14(16)5-9)15(19)10-6-12-13(7-11(10)16)21-8-20-12/h1-2,6-7,9,14-15,18-19H,3-5,8H2/t9-,14+,15+,16+/m1/s1. The molecule has 2 bridgehead atoms. The van der Waals surface area contributed by atoms with Gasteiger partial charge in [-0.15, -0.1) is 0 Å². The van der Waals surface area contributed by atoms with E-state index in [1.165, 1.54) is 0 Å². The van der Waals surface area contributed by atoms with Crippen LogP contribution in [-0.2, 0) is 5.41 Å². The summed E-state index contributed by atoms with van der Waals surface area (Å²) in [5, 5.41) is 20.7. The van der Waals surface area contributed by atoms with E-state index in [4.69, 9.17) is 9.47 Å². The molecule has 2 N–H and O–H groups in total. The molecule has 3 aliphatic heterocycles. The summed E-state index contributed by atoms with van der Waals surface area (Å²) in [5.41, 5.74) is 1.92. The second kappa shape index (κ2) is 3.80. The molecular formula is C16H17NO4. The third-order valence-electron chi connectivity index (χ3n) is 5.50. The molecule has 4 aliphatic rings. The van der Waals surface area contributed by atoms with Crippen LogP contribution in [0, 0.1) is 0 Å². The van der Waals surface area contributed by atoms with Crippen molar-refractivity contribution in [3.05, 3.63) is 35.4 Å². The lowest BCUT2D eigenvalue weighted by Crippen LogP contribution is -2.51. The van der Waals surface area contributed by atoms with Crippen molar-refractivity contribution in [2.75, 3.05) is 13.3 Å². The Bertz CT molecular complexity index is 658. The minimum atomic E-state index is -0.631. The van der Waals surface area contributed by atoms with Crippen molar-refractivity contribution < 1.29 is 19.7 Å². The van der Waals surface area contributed by atoms with Crippen LogP contribution in [0.15, 0.2) is 24.3 Å². The van der Waals surface area contributed by atoms with Crippen LogP contribution in [0.4, 0.5) is 0 Å². The predicted octanol–water partition coefficient (Wildman–Crippen LogP) is 1.05. The van der Waals surface area contributed by atoms with E-state index in [-0.39, 0.29) is 18.2 Å². The van der Waals surface area contributed by atoms with E-state index in [1.54, 1.807) is 0 Å². The third kappa shape index (κ3) is 1.36. The predicted molar refractivity (Wildman–Crippen MR) is 74.1 cm³/mol. The molecule has 5 nitrogen and oxygen atoms in total. The molecule has 1 unspecified atom stereocenters. The molecule has 0 amide bonds. The van der Waals surface area contributed by atoms with E-state index in [2.05, 4.69) is 11.0 Å². The number of aliphatic hydroxyl groups is 2. The maximum Gasteiger partial charge on any atom is 0.231 e. The number of rotatable bonds is 0. The lowest BCUT2D eigenvalue weighted by molar-refractivity contribution is -0.0364. The van der Waals surface area contributed by atoms with Crippen molar-refractivity contribution in [1.82, 2.24) is 4.90 Å². The molecule has 3 heterocycles. The van der Waals surface area contributed by atoms with Crippen LogP contribution in [0.1, 0.15) is 30.2 Å². The molecule has 0 radical (unpaired) electrons. The zero-order valence-electron chi connectivity index (χ0n) is 11.5. The number of benzene rings is 1. The normalized spacial score (nSPS) is 41.8. The molecule has 1 aliphatic carbocycles. The summed E-state index contributed by atoms with van der Waals surface area (Å²) >= 11 is 0. The van der Waals surface area contributed by atoms with Gasteiger partial charge in [-0.2, -0.15) is 0 Å². The van der Waals surface area contributed by atoms with Crippen LogP contribution in [0.25, 0.3) is 0 Å². The SMILES string of the molecule is O[C@@H]1C=C[C@@]23CCN([C@H]2C1)[C@@H](O)c1cc2c(cc13)OCO2. The maximum atomic E-state index is 10.7. The lowest BCUT2D eigenvalue weighted by atomic mass is 9.66. The van der Waals surface area contributed by atoms with E-state index in [0.29, 0.717) is 12.2 Å². The summed E-state index contributed by atoms with van der Waals surface area (Å²) in [6, 6.07) is 4.09. The Morgan fingerprint density at radius 1 is 1.19 bits per heavy atom. The monoisotopic (exact) mass is 287 g/mol. The van der Waals surface area contributed by atoms with Crippen molar-refractivity contribution in [3.63, 3.8) is 0 Å². The first kappa shape index (κ1) is 12.0. The van der Waals surface area contributed by atoms with Crippen LogP contribution in [-0.4, -0.2) is 40.6 Å². The van der Waals surface area contributed by atoms with Gasteiger partial charge in [-0.1, -0.05) is 12.2 Å². The van der Waals surface area contributed by atoms with Gasteiger partial charge in [-0.05, 0) is 30.5 Å². The highest BCUT2D eigenvalue weighted by Crippen LogP contribution is 2.56. The third-order valence-corrected chi connectivity index (χ3v) is 5.50. The molecular weight excluding hydrogens is 270 g/mol. The van der Waals surface area contributed by atoms with Crippen molar-refractivity contribution in [1.29, 1.82) is 0 Å². The molecule has 5 heteroatoms. The number of nitrogens with zero attached hydrogens (tertiary/aromatic N) is 1. The zero-order chi connectivity index (χ0) is 14.2. The van der Waals surface area contributed by atoms with Crippen LogP contribution in [0.2, 0.25) is 0 Å². The van der Waals surface area contributed by atoms with Gasteiger partial charge in [0, 0.05) is 23.6 Å². The average Bonchev–Trinajstić information content (AvgIpc) is 3.06. The molecule has 1 fully saturated rings. The molecule has 110 valence electrons. The largest absolute Gasteiger partial charge is 0.454 e. The maximum absolute atomic E-state index is 10.7. The lowest BCUT2D eigenvalue weighted by Gasteiger charge is -2.47. The topological polar surface area (TPSA) is 62.2 Å². The first-order valence-corrected chi connectivity index (χ1v) is 7.44. The van der Waals surface area contributed by atoms with E-state index in [1.807, 2.05) is 18.2 Å². The van der Waals surface area contributed by atoms with Crippen molar-refractivity contribution in [3.8, 4) is 11.5 Å². The molecule has 5 atom stereocenters. The first-order chi connectivity index (χ1) is 10.2. The molecule has 1 aromatic carbocycles. The number of aliphatic hydroxyl groups excluding tert-OH is 2. The summed E-state index contributed by atoms with van der Waals surface area (Å²) < 4.78 is 11.0. The second-order valence-electron chi connectivity index (χ2n) is 6.37. The summed E-state index contributed by atoms with van der Waals surface area (Å²) in [6.45, 7) is 1.08. The molecule has 21 heavy (non-hydrogen) atoms. The Morgan fingerprint density at radius 2 is 2.00 bits per heavy atom. The Kier molecular flexibility index (Phi) is 2.17. The summed E-state index contributed by atoms with van der Waals surface area (Å²) in [5.74, 6) is 1.47. The highest BCUT2D eigenvalue weighted by Gasteiger charge is 2.56. The molecule has 1 aromatic rings. The van der Waals surface area contributed by atoms with Gasteiger partial charge in [0.05, 0.1) is 6.10 Å². The smallest absolute Gasteiger partial charge is 0.231 e. The Hall–Kier alpha value is -1.56. The Labute approximate surface area is 122 Å². The fraction of sp³-hybridized carbons (Fsp3) is 0.500. The average molecular weight is 287 g/mol. The summed E-state index contributed by atoms with van der Waals surface area (Å²) in [6.07, 6.45) is 4.61. The van der Waals surface area contributed by atoms with Gasteiger partial charge in [0.2, 0.25) is 6.79 Å². The minimum Gasteiger partial charge on any atom is -0.454 e. The second-order valence-corrected chi connectivity index (χ2v) is 6.37. The van der Waals surface area contributed by atoms with Gasteiger partial charge in [0.25, 0.3) is 0 Å². The van der Waals surface area contributed by atoms with Gasteiger partial charge in [0.1, 0.15) is 6.23 Å². The summed E-state index contributed by atoms with van der Waals surface area (Å²) in [4.78, 5) is 2.11. The molecule has 1 saturated heterocycles. The van der Waals surface area contributed by atoms with Crippen molar-refractivity contribution in [2.45, 2.75) is 36.6 Å². The molecule has 0 saturated carbocycles. The first-order valence-electron chi connectivity index (χ1n) is 7.44. The Morgan fingerprint density at radius 3 is 2.86 bits per heavy atom. The van der Waals surface area contributed by atoms with Crippen LogP contribution in [0.3, 0.4) is 0 Å². The number of ether oxygens (including phenoxy) is 2. The zero-order valence-corrected chi connectivity index (χ0v) is 11.5. The van der Waals surface area contributed by atoms with E-state index in [9.17, 15) is 10.2 Å². The highest BCUT2D eigenvalue weighted by molar-refractivity contribution is 5.56. The van der Waals surface area contributed by atoms with Gasteiger partial charge >= 0.3 is 0 Å². The van der Waals surface area contributed by atoms with Gasteiger partial charge < -0.3 is 19.7 Å². The fourth-order valence-electron chi connectivity index (χ4n) is 4.51. The van der Waals surface area contributed by atoms with Gasteiger partial charge in [-0.3, -0.25) is 4.90 Å². The van der Waals surface area contributed by atoms with Gasteiger partial charge in [0.15, 0.2) is 11.5 Å². The number of hydrogen-bond acceptors (Lipinski definition) is 5. The van der Waals surface area contributed by atoms with Crippen molar-refractivity contribution in [2.24, 2.45) is 0 Å². The van der Waals surface area contributed by atoms with Crippen molar-refractivity contribution >= 4 is 0 Å². The number of fused-ring (bicyclic) bond motifs is 2. The van der Waals surface area contributed by atoms with E-state index < -0.39 is 12.3 Å². The van der Waals surface area contributed by atoms with E-state index in [0.717, 1.165) is 29.8 Å². The summed E-state index contributed by atoms with van der Waals surface area (Å²) in [7, 11) is 0.